The number of rotatable bonds is 3. The molecule has 0 radical (unpaired) electrons. The molecule has 0 atom stereocenters. The van der Waals surface area contributed by atoms with Gasteiger partial charge in [0.1, 0.15) is 12.9 Å². The van der Waals surface area contributed by atoms with Gasteiger partial charge in [-0.3, -0.25) is 0 Å². The maximum absolute atomic E-state index is 6.48. The van der Waals surface area contributed by atoms with Crippen molar-refractivity contribution in [1.82, 2.24) is 19.6 Å². The quantitative estimate of drug-likeness (QED) is 0.865. The summed E-state index contributed by atoms with van der Waals surface area (Å²) in [6.45, 7) is 2.44. The molecule has 1 fully saturated rings. The summed E-state index contributed by atoms with van der Waals surface area (Å²) in [6, 6.07) is 1.88. The Balaban J connectivity index is 1.77. The molecule has 0 aliphatic heterocycles. The van der Waals surface area contributed by atoms with Crippen molar-refractivity contribution >= 4 is 5.78 Å². The van der Waals surface area contributed by atoms with Crippen molar-refractivity contribution < 1.29 is 4.74 Å². The lowest BCUT2D eigenvalue weighted by molar-refractivity contribution is 0.190. The molecule has 6 nitrogen and oxygen atoms in total. The Morgan fingerprint density at radius 2 is 2.05 bits per heavy atom. The summed E-state index contributed by atoms with van der Waals surface area (Å²) in [5.41, 5.74) is 7.12. The molecule has 2 heterocycles. The van der Waals surface area contributed by atoms with Crippen LogP contribution < -0.4 is 10.5 Å². The molecule has 2 aromatic rings. The van der Waals surface area contributed by atoms with Crippen LogP contribution >= 0.6 is 0 Å². The van der Waals surface area contributed by atoms with E-state index in [4.69, 9.17) is 10.5 Å². The van der Waals surface area contributed by atoms with Crippen LogP contribution in [0.4, 0.5) is 0 Å². The smallest absolute Gasteiger partial charge is 0.255 e. The van der Waals surface area contributed by atoms with Gasteiger partial charge in [-0.05, 0) is 19.8 Å². The molecule has 1 aliphatic carbocycles. The molecule has 0 bridgehead atoms. The minimum absolute atomic E-state index is 0.222. The molecule has 0 spiro atoms. The van der Waals surface area contributed by atoms with Gasteiger partial charge in [-0.1, -0.05) is 25.7 Å². The summed E-state index contributed by atoms with van der Waals surface area (Å²) in [6.07, 6.45) is 8.47. The van der Waals surface area contributed by atoms with E-state index < -0.39 is 0 Å². The molecule has 108 valence electrons. The Hall–Kier alpha value is -1.69. The van der Waals surface area contributed by atoms with Crippen LogP contribution in [0.3, 0.4) is 0 Å². The van der Waals surface area contributed by atoms with Crippen molar-refractivity contribution in [1.29, 1.82) is 0 Å². The third kappa shape index (κ3) is 2.75. The number of hydrogen-bond donors (Lipinski definition) is 1. The number of ether oxygens (including phenoxy) is 1. The second kappa shape index (κ2) is 5.36. The average Bonchev–Trinajstić information content (AvgIpc) is 2.78. The Morgan fingerprint density at radius 3 is 2.80 bits per heavy atom. The molecule has 1 aliphatic rings. The maximum Gasteiger partial charge on any atom is 0.255 e. The third-order valence-corrected chi connectivity index (χ3v) is 3.95. The standard InChI is InChI=1S/C14H21N5O/c1-11-8-12(19-13(18-11)16-10-17-19)20-9-14(15)6-4-2-3-5-7-14/h8,10H,2-7,9,15H2,1H3. The summed E-state index contributed by atoms with van der Waals surface area (Å²) in [7, 11) is 0. The monoisotopic (exact) mass is 275 g/mol. The van der Waals surface area contributed by atoms with E-state index >= 15 is 0 Å². The number of nitrogens with two attached hydrogens (primary N) is 1. The van der Waals surface area contributed by atoms with Crippen LogP contribution in [0.25, 0.3) is 5.78 Å². The molecule has 2 aromatic heterocycles. The highest BCUT2D eigenvalue weighted by Gasteiger charge is 2.27. The van der Waals surface area contributed by atoms with Crippen molar-refractivity contribution in [3.8, 4) is 5.88 Å². The van der Waals surface area contributed by atoms with Crippen molar-refractivity contribution in [2.24, 2.45) is 5.73 Å². The Labute approximate surface area is 118 Å². The van der Waals surface area contributed by atoms with Crippen molar-refractivity contribution in [3.05, 3.63) is 18.1 Å². The summed E-state index contributed by atoms with van der Waals surface area (Å²) < 4.78 is 7.57. The molecule has 20 heavy (non-hydrogen) atoms. The van der Waals surface area contributed by atoms with Crippen molar-refractivity contribution in [2.45, 2.75) is 51.0 Å². The van der Waals surface area contributed by atoms with Gasteiger partial charge in [0, 0.05) is 11.8 Å². The van der Waals surface area contributed by atoms with Crippen LogP contribution in [0.15, 0.2) is 12.4 Å². The molecule has 3 rings (SSSR count). The fraction of sp³-hybridized carbons (Fsp3) is 0.643. The zero-order valence-electron chi connectivity index (χ0n) is 11.9. The van der Waals surface area contributed by atoms with Gasteiger partial charge in [0.05, 0.1) is 5.54 Å². The van der Waals surface area contributed by atoms with Gasteiger partial charge in [-0.25, -0.2) is 4.98 Å². The number of hydrogen-bond acceptors (Lipinski definition) is 5. The molecule has 6 heteroatoms. The Bertz CT molecular complexity index is 586. The number of aryl methyl sites for hydroxylation is 1. The molecule has 0 saturated heterocycles. The van der Waals surface area contributed by atoms with Crippen LogP contribution in [-0.2, 0) is 0 Å². The van der Waals surface area contributed by atoms with E-state index in [1.807, 2.05) is 13.0 Å². The molecular formula is C14H21N5O. The second-order valence-electron chi connectivity index (χ2n) is 5.77. The zero-order chi connectivity index (χ0) is 14.0. The molecule has 1 saturated carbocycles. The van der Waals surface area contributed by atoms with E-state index in [0.717, 1.165) is 18.5 Å². The molecule has 2 N–H and O–H groups in total. The fourth-order valence-corrected chi connectivity index (χ4v) is 2.79. The van der Waals surface area contributed by atoms with E-state index in [0.29, 0.717) is 18.3 Å². The zero-order valence-corrected chi connectivity index (χ0v) is 11.9. The molecular weight excluding hydrogens is 254 g/mol. The van der Waals surface area contributed by atoms with E-state index in [1.165, 1.54) is 32.0 Å². The van der Waals surface area contributed by atoms with Crippen molar-refractivity contribution in [2.75, 3.05) is 6.61 Å². The minimum atomic E-state index is -0.222. The van der Waals surface area contributed by atoms with Gasteiger partial charge < -0.3 is 10.5 Å². The fourth-order valence-electron chi connectivity index (χ4n) is 2.79. The average molecular weight is 275 g/mol. The first-order valence-corrected chi connectivity index (χ1v) is 7.25. The first kappa shape index (κ1) is 13.3. The third-order valence-electron chi connectivity index (χ3n) is 3.95. The van der Waals surface area contributed by atoms with E-state index in [-0.39, 0.29) is 5.54 Å². The van der Waals surface area contributed by atoms with Crippen LogP contribution in [0.2, 0.25) is 0 Å². The first-order valence-electron chi connectivity index (χ1n) is 7.25. The van der Waals surface area contributed by atoms with E-state index in [1.54, 1.807) is 4.52 Å². The summed E-state index contributed by atoms with van der Waals surface area (Å²) in [5, 5.41) is 4.14. The van der Waals surface area contributed by atoms with Gasteiger partial charge >= 0.3 is 0 Å². The van der Waals surface area contributed by atoms with Crippen LogP contribution in [0.1, 0.15) is 44.2 Å². The molecule has 0 amide bonds. The van der Waals surface area contributed by atoms with E-state index in [9.17, 15) is 0 Å². The van der Waals surface area contributed by atoms with Gasteiger partial charge in [0.25, 0.3) is 5.78 Å². The normalized spacial score (nSPS) is 18.9. The van der Waals surface area contributed by atoms with Crippen LogP contribution in [0.5, 0.6) is 5.88 Å². The van der Waals surface area contributed by atoms with Crippen LogP contribution in [-0.4, -0.2) is 31.7 Å². The Kier molecular flexibility index (Phi) is 3.56. The predicted molar refractivity (Wildman–Crippen MR) is 75.6 cm³/mol. The minimum Gasteiger partial charge on any atom is -0.476 e. The van der Waals surface area contributed by atoms with Crippen LogP contribution in [0, 0.1) is 6.92 Å². The number of aromatic nitrogens is 4. The SMILES string of the molecule is Cc1cc(OCC2(N)CCCCCC2)n2ncnc2n1. The lowest BCUT2D eigenvalue weighted by Gasteiger charge is -2.27. The largest absolute Gasteiger partial charge is 0.476 e. The lowest BCUT2D eigenvalue weighted by atomic mass is 9.93. The van der Waals surface area contributed by atoms with Gasteiger partial charge in [-0.2, -0.15) is 14.6 Å². The number of fused-ring (bicyclic) bond motifs is 1. The maximum atomic E-state index is 6.48. The molecule has 0 unspecified atom stereocenters. The second-order valence-corrected chi connectivity index (χ2v) is 5.77. The molecule has 0 aromatic carbocycles. The highest BCUT2D eigenvalue weighted by Crippen LogP contribution is 2.26. The summed E-state index contributed by atoms with van der Waals surface area (Å²) in [5.74, 6) is 1.23. The van der Waals surface area contributed by atoms with Crippen molar-refractivity contribution in [3.63, 3.8) is 0 Å². The van der Waals surface area contributed by atoms with Gasteiger partial charge in [0.15, 0.2) is 0 Å². The van der Waals surface area contributed by atoms with E-state index in [2.05, 4.69) is 15.1 Å². The Morgan fingerprint density at radius 1 is 1.30 bits per heavy atom. The predicted octanol–water partition coefficient (Wildman–Crippen LogP) is 1.86. The number of nitrogens with zero attached hydrogens (tertiary/aromatic N) is 4. The van der Waals surface area contributed by atoms with Gasteiger partial charge in [0.2, 0.25) is 5.88 Å². The summed E-state index contributed by atoms with van der Waals surface area (Å²) in [4.78, 5) is 8.40. The first-order chi connectivity index (χ1) is 9.66. The van der Waals surface area contributed by atoms with Gasteiger partial charge in [-0.15, -0.1) is 0 Å². The topological polar surface area (TPSA) is 78.3 Å². The summed E-state index contributed by atoms with van der Waals surface area (Å²) >= 11 is 0. The lowest BCUT2D eigenvalue weighted by Crippen LogP contribution is -2.45. The highest BCUT2D eigenvalue weighted by atomic mass is 16.5. The highest BCUT2D eigenvalue weighted by molar-refractivity contribution is 5.32.